The Balaban J connectivity index is 1.08. The van der Waals surface area contributed by atoms with Gasteiger partial charge in [0, 0.05) is 47.0 Å². The van der Waals surface area contributed by atoms with Gasteiger partial charge in [-0.2, -0.15) is 0 Å². The van der Waals surface area contributed by atoms with Gasteiger partial charge in [-0.3, -0.25) is 0 Å². The molecular weight excluding hydrogens is 679 g/mol. The van der Waals surface area contributed by atoms with Crippen LogP contribution in [0.15, 0.2) is 188 Å². The Hall–Kier alpha value is -6.26. The molecule has 9 aromatic carbocycles. The molecule has 0 amide bonds. The van der Waals surface area contributed by atoms with Gasteiger partial charge in [0.25, 0.3) is 0 Å². The van der Waals surface area contributed by atoms with Crippen LogP contribution in [0, 0.1) is 0 Å². The predicted molar refractivity (Wildman–Crippen MR) is 233 cm³/mol. The summed E-state index contributed by atoms with van der Waals surface area (Å²) in [5.41, 5.74) is 8.30. The maximum Gasteiger partial charge on any atom is 0.0640 e. The molecule has 0 saturated heterocycles. The van der Waals surface area contributed by atoms with Gasteiger partial charge in [-0.05, 0) is 98.4 Å². The molecule has 0 spiro atoms. The number of hydrogen-bond acceptors (Lipinski definition) is 3. The van der Waals surface area contributed by atoms with Gasteiger partial charge in [0.2, 0.25) is 0 Å². The van der Waals surface area contributed by atoms with Gasteiger partial charge in [0.1, 0.15) is 0 Å². The monoisotopic (exact) mass is 709 g/mol. The summed E-state index contributed by atoms with van der Waals surface area (Å²) in [4.78, 5) is 2.44. The van der Waals surface area contributed by atoms with E-state index in [-0.39, 0.29) is 0 Å². The minimum Gasteiger partial charge on any atom is -0.309 e. The van der Waals surface area contributed by atoms with Crippen LogP contribution in [0.3, 0.4) is 0 Å². The number of fused-ring (bicyclic) bond motifs is 9. The van der Waals surface area contributed by atoms with Gasteiger partial charge in [-0.15, -0.1) is 22.7 Å². The summed E-state index contributed by atoms with van der Waals surface area (Å²) in [6, 6.07) is 69.1. The third-order valence-corrected chi connectivity index (χ3v) is 13.0. The van der Waals surface area contributed by atoms with E-state index >= 15 is 0 Å². The number of nitrogens with zero attached hydrogens (tertiary/aromatic N) is 1. The van der Waals surface area contributed by atoms with Gasteiger partial charge in [0.05, 0.1) is 10.4 Å². The van der Waals surface area contributed by atoms with Crippen LogP contribution in [0.2, 0.25) is 0 Å². The van der Waals surface area contributed by atoms with E-state index in [2.05, 4.69) is 193 Å². The van der Waals surface area contributed by atoms with Crippen LogP contribution in [-0.2, 0) is 0 Å². The SMILES string of the molecule is c1ccc2cc(-c3ccc(N(c4ccc(-c5ccc6ccccc6c5)cc4)c4cccc5c4sc4c5ccc5sc6ccccc6c54)cc3)ccc2c1. The van der Waals surface area contributed by atoms with Crippen molar-refractivity contribution in [1.82, 2.24) is 0 Å². The highest BCUT2D eigenvalue weighted by Crippen LogP contribution is 2.49. The van der Waals surface area contributed by atoms with Crippen molar-refractivity contribution in [2.45, 2.75) is 0 Å². The van der Waals surface area contributed by atoms with Crippen molar-refractivity contribution in [2.75, 3.05) is 4.90 Å². The fraction of sp³-hybridized carbons (Fsp3) is 0. The quantitative estimate of drug-likeness (QED) is 0.172. The fourth-order valence-corrected chi connectivity index (χ4v) is 10.5. The zero-order valence-electron chi connectivity index (χ0n) is 28.7. The molecule has 0 radical (unpaired) electrons. The van der Waals surface area contributed by atoms with E-state index in [4.69, 9.17) is 0 Å². The highest BCUT2D eigenvalue weighted by atomic mass is 32.1. The first kappa shape index (κ1) is 30.4. The standard InChI is InChI=1S/C50H31NS2/c1-3-10-36-30-38(18-16-32(36)8-1)34-20-24-40(25-21-34)51(41-26-22-35(23-27-41)39-19-17-33-9-2-4-11-37(33)31-39)45-14-7-13-42-43-28-29-47-48(50(43)53-49(42)45)44-12-5-6-15-46(44)52-47/h1-31H. The second kappa shape index (κ2) is 12.2. The fourth-order valence-electron chi connectivity index (χ4n) is 8.00. The van der Waals surface area contributed by atoms with Crippen LogP contribution in [0.4, 0.5) is 17.1 Å². The van der Waals surface area contributed by atoms with Crippen molar-refractivity contribution in [2.24, 2.45) is 0 Å². The maximum atomic E-state index is 2.44. The van der Waals surface area contributed by atoms with Gasteiger partial charge in [-0.25, -0.2) is 0 Å². The van der Waals surface area contributed by atoms with Gasteiger partial charge >= 0.3 is 0 Å². The number of rotatable bonds is 5. The molecule has 53 heavy (non-hydrogen) atoms. The molecule has 0 N–H and O–H groups in total. The number of hydrogen-bond donors (Lipinski definition) is 0. The molecule has 0 fully saturated rings. The Morgan fingerprint density at radius 1 is 0.321 bits per heavy atom. The van der Waals surface area contributed by atoms with Crippen LogP contribution in [0.1, 0.15) is 0 Å². The lowest BCUT2D eigenvalue weighted by atomic mass is 10.00. The van der Waals surface area contributed by atoms with Crippen LogP contribution >= 0.6 is 22.7 Å². The van der Waals surface area contributed by atoms with E-state index in [0.717, 1.165) is 11.4 Å². The third-order valence-electron chi connectivity index (χ3n) is 10.6. The third kappa shape index (κ3) is 5.04. The average molecular weight is 710 g/mol. The topological polar surface area (TPSA) is 3.24 Å². The number of thiophene rings is 2. The van der Waals surface area contributed by atoms with Crippen LogP contribution in [0.25, 0.3) is 84.1 Å². The second-order valence-corrected chi connectivity index (χ2v) is 15.8. The summed E-state index contributed by atoms with van der Waals surface area (Å²) in [5.74, 6) is 0. The molecule has 0 bridgehead atoms. The summed E-state index contributed by atoms with van der Waals surface area (Å²) in [6.07, 6.45) is 0. The minimum absolute atomic E-state index is 1.13. The molecule has 0 atom stereocenters. The van der Waals surface area contributed by atoms with E-state index < -0.39 is 0 Å². The van der Waals surface area contributed by atoms with E-state index in [1.807, 2.05) is 22.7 Å². The van der Waals surface area contributed by atoms with Crippen molar-refractivity contribution in [3.8, 4) is 22.3 Å². The van der Waals surface area contributed by atoms with E-state index in [0.29, 0.717) is 0 Å². The summed E-state index contributed by atoms with van der Waals surface area (Å²) in [7, 11) is 0. The van der Waals surface area contributed by atoms with Crippen molar-refractivity contribution in [3.63, 3.8) is 0 Å². The van der Waals surface area contributed by atoms with Crippen molar-refractivity contribution in [3.05, 3.63) is 188 Å². The van der Waals surface area contributed by atoms with E-state index in [9.17, 15) is 0 Å². The van der Waals surface area contributed by atoms with Crippen LogP contribution < -0.4 is 4.90 Å². The first-order chi connectivity index (χ1) is 26.2. The molecule has 11 aromatic rings. The number of anilines is 3. The normalized spacial score (nSPS) is 11.8. The van der Waals surface area contributed by atoms with Crippen LogP contribution in [-0.4, -0.2) is 0 Å². The summed E-state index contributed by atoms with van der Waals surface area (Å²) in [6.45, 7) is 0. The Morgan fingerprint density at radius 2 is 0.849 bits per heavy atom. The molecular formula is C50H31NS2. The van der Waals surface area contributed by atoms with Gasteiger partial charge < -0.3 is 4.90 Å². The molecule has 1 nitrogen and oxygen atoms in total. The van der Waals surface area contributed by atoms with Gasteiger partial charge in [0.15, 0.2) is 0 Å². The molecule has 0 saturated carbocycles. The average Bonchev–Trinajstić information content (AvgIpc) is 3.80. The molecule has 3 heteroatoms. The smallest absolute Gasteiger partial charge is 0.0640 e. The van der Waals surface area contributed by atoms with Crippen molar-refractivity contribution >= 4 is 102 Å². The molecule has 0 aliphatic rings. The Labute approximate surface area is 315 Å². The minimum atomic E-state index is 1.13. The van der Waals surface area contributed by atoms with E-state index in [1.54, 1.807) is 0 Å². The molecule has 248 valence electrons. The Kier molecular flexibility index (Phi) is 6.97. The first-order valence-electron chi connectivity index (χ1n) is 18.0. The lowest BCUT2D eigenvalue weighted by molar-refractivity contribution is 1.30. The van der Waals surface area contributed by atoms with Crippen molar-refractivity contribution < 1.29 is 0 Å². The highest BCUT2D eigenvalue weighted by molar-refractivity contribution is 7.30. The molecule has 2 heterocycles. The second-order valence-electron chi connectivity index (χ2n) is 13.7. The van der Waals surface area contributed by atoms with Gasteiger partial charge in [-0.1, -0.05) is 133 Å². The lowest BCUT2D eigenvalue weighted by Crippen LogP contribution is -2.10. The Morgan fingerprint density at radius 3 is 1.49 bits per heavy atom. The predicted octanol–water partition coefficient (Wildman–Crippen LogP) is 15.5. The lowest BCUT2D eigenvalue weighted by Gasteiger charge is -2.26. The molecule has 0 aliphatic carbocycles. The zero-order chi connectivity index (χ0) is 34.9. The molecule has 2 aromatic heterocycles. The van der Waals surface area contributed by atoms with Crippen LogP contribution in [0.5, 0.6) is 0 Å². The summed E-state index contributed by atoms with van der Waals surface area (Å²) >= 11 is 3.81. The largest absolute Gasteiger partial charge is 0.309 e. The summed E-state index contributed by atoms with van der Waals surface area (Å²) < 4.78 is 5.34. The maximum absolute atomic E-state index is 2.44. The molecule has 0 unspecified atom stereocenters. The Bertz CT molecular complexity index is 3040. The summed E-state index contributed by atoms with van der Waals surface area (Å²) in [5, 5.41) is 10.4. The van der Waals surface area contributed by atoms with Crippen molar-refractivity contribution in [1.29, 1.82) is 0 Å². The number of benzene rings is 9. The molecule has 11 rings (SSSR count). The molecule has 0 aliphatic heterocycles. The van der Waals surface area contributed by atoms with E-state index in [1.165, 1.54) is 89.8 Å². The first-order valence-corrected chi connectivity index (χ1v) is 19.6. The zero-order valence-corrected chi connectivity index (χ0v) is 30.3. The highest BCUT2D eigenvalue weighted by Gasteiger charge is 2.20.